The largest absolute Gasteiger partial charge is 0.385 e. The monoisotopic (exact) mass is 287 g/mol. The first-order valence-corrected chi connectivity index (χ1v) is 7.09. The molecule has 1 aromatic carbocycles. The van der Waals surface area contributed by atoms with Crippen LogP contribution in [0.15, 0.2) is 36.5 Å². The van der Waals surface area contributed by atoms with Crippen molar-refractivity contribution < 1.29 is 4.74 Å². The molecule has 2 rings (SSSR count). The summed E-state index contributed by atoms with van der Waals surface area (Å²) >= 11 is 0. The summed E-state index contributed by atoms with van der Waals surface area (Å²) in [7, 11) is 1.69. The lowest BCUT2D eigenvalue weighted by atomic mass is 10.1. The Morgan fingerprint density at radius 1 is 1.10 bits per heavy atom. The fourth-order valence-electron chi connectivity index (χ4n) is 1.86. The van der Waals surface area contributed by atoms with Gasteiger partial charge in [-0.2, -0.15) is 10.1 Å². The van der Waals surface area contributed by atoms with E-state index < -0.39 is 0 Å². The molecule has 0 aliphatic rings. The second-order valence-electron chi connectivity index (χ2n) is 4.60. The summed E-state index contributed by atoms with van der Waals surface area (Å²) in [5.41, 5.74) is 1.30. The van der Waals surface area contributed by atoms with Crippen molar-refractivity contribution in [1.82, 2.24) is 15.2 Å². The minimum absolute atomic E-state index is 0.538. The van der Waals surface area contributed by atoms with Crippen LogP contribution in [0.4, 0.5) is 11.8 Å². The number of nitrogens with zero attached hydrogens (tertiary/aromatic N) is 3. The van der Waals surface area contributed by atoms with Crippen molar-refractivity contribution in [2.45, 2.75) is 12.8 Å². The summed E-state index contributed by atoms with van der Waals surface area (Å²) in [6, 6.07) is 10.3. The summed E-state index contributed by atoms with van der Waals surface area (Å²) in [6.45, 7) is 2.30. The normalized spacial score (nSPS) is 10.3. The Hall–Kier alpha value is -2.21. The third kappa shape index (κ3) is 5.74. The zero-order valence-corrected chi connectivity index (χ0v) is 12.2. The van der Waals surface area contributed by atoms with E-state index >= 15 is 0 Å². The van der Waals surface area contributed by atoms with Crippen molar-refractivity contribution in [2.75, 3.05) is 37.4 Å². The fourth-order valence-corrected chi connectivity index (χ4v) is 1.86. The molecule has 6 nitrogen and oxygen atoms in total. The summed E-state index contributed by atoms with van der Waals surface area (Å²) in [4.78, 5) is 4.36. The molecule has 0 aliphatic carbocycles. The van der Waals surface area contributed by atoms with Crippen LogP contribution in [0.3, 0.4) is 0 Å². The smallest absolute Gasteiger partial charge is 0.244 e. The number of ether oxygens (including phenoxy) is 1. The predicted octanol–water partition coefficient (Wildman–Crippen LogP) is 1.97. The standard InChI is InChI=1S/C15H21N5O/c1-21-11-5-9-17-15-19-14(12-18-20-15)16-10-8-13-6-3-2-4-7-13/h2-4,6-7,12H,5,8-11H2,1H3,(H2,16,17,19,20). The molecule has 0 radical (unpaired) electrons. The maximum Gasteiger partial charge on any atom is 0.244 e. The molecular weight excluding hydrogens is 266 g/mol. The van der Waals surface area contributed by atoms with E-state index in [1.807, 2.05) is 18.2 Å². The van der Waals surface area contributed by atoms with Crippen LogP contribution in [-0.4, -0.2) is 42.0 Å². The van der Waals surface area contributed by atoms with Gasteiger partial charge in [0.1, 0.15) is 0 Å². The Morgan fingerprint density at radius 3 is 2.76 bits per heavy atom. The Bertz CT molecular complexity index is 520. The highest BCUT2D eigenvalue weighted by molar-refractivity contribution is 5.37. The molecule has 2 aromatic rings. The number of hydrogen-bond acceptors (Lipinski definition) is 6. The lowest BCUT2D eigenvalue weighted by Gasteiger charge is -2.07. The molecule has 112 valence electrons. The molecule has 0 fully saturated rings. The lowest BCUT2D eigenvalue weighted by Crippen LogP contribution is -2.11. The molecule has 1 aromatic heterocycles. The number of anilines is 2. The Kier molecular flexibility index (Phi) is 6.41. The van der Waals surface area contributed by atoms with Gasteiger partial charge in [0.15, 0.2) is 5.82 Å². The first-order valence-electron chi connectivity index (χ1n) is 7.09. The van der Waals surface area contributed by atoms with E-state index in [-0.39, 0.29) is 0 Å². The van der Waals surface area contributed by atoms with E-state index in [1.54, 1.807) is 13.3 Å². The predicted molar refractivity (Wildman–Crippen MR) is 83.4 cm³/mol. The SMILES string of the molecule is COCCCNc1nncc(NCCc2ccccc2)n1. The van der Waals surface area contributed by atoms with Crippen molar-refractivity contribution >= 4 is 11.8 Å². The lowest BCUT2D eigenvalue weighted by molar-refractivity contribution is 0.197. The van der Waals surface area contributed by atoms with E-state index in [0.717, 1.165) is 38.4 Å². The first kappa shape index (κ1) is 15.2. The molecular formula is C15H21N5O. The number of hydrogen-bond donors (Lipinski definition) is 2. The van der Waals surface area contributed by atoms with Gasteiger partial charge < -0.3 is 15.4 Å². The van der Waals surface area contributed by atoms with Gasteiger partial charge in [-0.1, -0.05) is 30.3 Å². The van der Waals surface area contributed by atoms with Gasteiger partial charge in [0.2, 0.25) is 5.95 Å². The van der Waals surface area contributed by atoms with E-state index in [0.29, 0.717) is 5.95 Å². The second kappa shape index (κ2) is 8.86. The van der Waals surface area contributed by atoms with Crippen LogP contribution in [0.5, 0.6) is 0 Å². The van der Waals surface area contributed by atoms with Gasteiger partial charge in [-0.25, -0.2) is 0 Å². The molecule has 1 heterocycles. The van der Waals surface area contributed by atoms with E-state index in [4.69, 9.17) is 4.74 Å². The van der Waals surface area contributed by atoms with Crippen LogP contribution in [0.2, 0.25) is 0 Å². The average molecular weight is 287 g/mol. The summed E-state index contributed by atoms with van der Waals surface area (Å²) < 4.78 is 4.99. The molecule has 21 heavy (non-hydrogen) atoms. The number of rotatable bonds is 9. The molecule has 6 heteroatoms. The number of methoxy groups -OCH3 is 1. The van der Waals surface area contributed by atoms with Gasteiger partial charge in [-0.15, -0.1) is 5.10 Å². The Balaban J connectivity index is 1.75. The van der Waals surface area contributed by atoms with Crippen LogP contribution in [0, 0.1) is 0 Å². The van der Waals surface area contributed by atoms with Gasteiger partial charge in [-0.3, -0.25) is 0 Å². The highest BCUT2D eigenvalue weighted by Crippen LogP contribution is 2.05. The quantitative estimate of drug-likeness (QED) is 0.687. The fraction of sp³-hybridized carbons (Fsp3) is 0.400. The van der Waals surface area contributed by atoms with Gasteiger partial charge in [0, 0.05) is 26.8 Å². The topological polar surface area (TPSA) is 72.0 Å². The third-order valence-electron chi connectivity index (χ3n) is 2.93. The highest BCUT2D eigenvalue weighted by atomic mass is 16.5. The molecule has 0 atom stereocenters. The van der Waals surface area contributed by atoms with E-state index in [2.05, 4.69) is 37.9 Å². The zero-order chi connectivity index (χ0) is 14.8. The van der Waals surface area contributed by atoms with Crippen LogP contribution in [0.1, 0.15) is 12.0 Å². The van der Waals surface area contributed by atoms with Gasteiger partial charge in [0.05, 0.1) is 6.20 Å². The summed E-state index contributed by atoms with van der Waals surface area (Å²) in [5.74, 6) is 1.27. The van der Waals surface area contributed by atoms with Crippen molar-refractivity contribution in [2.24, 2.45) is 0 Å². The number of benzene rings is 1. The van der Waals surface area contributed by atoms with Crippen molar-refractivity contribution in [3.63, 3.8) is 0 Å². The van der Waals surface area contributed by atoms with Crippen molar-refractivity contribution in [1.29, 1.82) is 0 Å². The van der Waals surface area contributed by atoms with E-state index in [1.165, 1.54) is 5.56 Å². The molecule has 0 aliphatic heterocycles. The molecule has 2 N–H and O–H groups in total. The van der Waals surface area contributed by atoms with Crippen LogP contribution >= 0.6 is 0 Å². The van der Waals surface area contributed by atoms with Crippen LogP contribution < -0.4 is 10.6 Å². The van der Waals surface area contributed by atoms with Crippen molar-refractivity contribution in [3.8, 4) is 0 Å². The van der Waals surface area contributed by atoms with Gasteiger partial charge in [0.25, 0.3) is 0 Å². The minimum Gasteiger partial charge on any atom is -0.385 e. The molecule has 0 amide bonds. The van der Waals surface area contributed by atoms with Gasteiger partial charge in [-0.05, 0) is 18.4 Å². The Morgan fingerprint density at radius 2 is 1.95 bits per heavy atom. The Labute approximate surface area is 125 Å². The molecule has 0 saturated heterocycles. The number of aromatic nitrogens is 3. The third-order valence-corrected chi connectivity index (χ3v) is 2.93. The van der Waals surface area contributed by atoms with Crippen LogP contribution in [0.25, 0.3) is 0 Å². The summed E-state index contributed by atoms with van der Waals surface area (Å²) in [5, 5.41) is 14.3. The zero-order valence-electron chi connectivity index (χ0n) is 12.2. The minimum atomic E-state index is 0.538. The average Bonchev–Trinajstić information content (AvgIpc) is 2.53. The van der Waals surface area contributed by atoms with E-state index in [9.17, 15) is 0 Å². The summed E-state index contributed by atoms with van der Waals surface area (Å²) in [6.07, 6.45) is 3.48. The second-order valence-corrected chi connectivity index (χ2v) is 4.60. The van der Waals surface area contributed by atoms with Crippen LogP contribution in [-0.2, 0) is 11.2 Å². The maximum absolute atomic E-state index is 4.99. The molecule has 0 saturated carbocycles. The molecule has 0 spiro atoms. The first-order chi connectivity index (χ1) is 10.4. The van der Waals surface area contributed by atoms with Crippen molar-refractivity contribution in [3.05, 3.63) is 42.1 Å². The maximum atomic E-state index is 4.99. The molecule has 0 unspecified atom stereocenters. The molecule has 0 bridgehead atoms. The highest BCUT2D eigenvalue weighted by Gasteiger charge is 2.00. The number of nitrogens with one attached hydrogen (secondary N) is 2. The van der Waals surface area contributed by atoms with Gasteiger partial charge >= 0.3 is 0 Å².